The van der Waals surface area contributed by atoms with Crippen LogP contribution in [0.25, 0.3) is 0 Å². The van der Waals surface area contributed by atoms with Crippen LogP contribution in [0, 0.1) is 0 Å². The number of benzene rings is 2. The van der Waals surface area contributed by atoms with Crippen LogP contribution in [-0.4, -0.2) is 114 Å². The van der Waals surface area contributed by atoms with Crippen LogP contribution in [0.3, 0.4) is 0 Å². The van der Waals surface area contributed by atoms with Gasteiger partial charge < -0.3 is 19.5 Å². The third-order valence-electron chi connectivity index (χ3n) is 11.1. The van der Waals surface area contributed by atoms with E-state index in [-0.39, 0.29) is 28.4 Å². The molecule has 0 fully saturated rings. The van der Waals surface area contributed by atoms with E-state index in [4.69, 9.17) is 27.1 Å². The summed E-state index contributed by atoms with van der Waals surface area (Å²) in [5.41, 5.74) is 3.27. The summed E-state index contributed by atoms with van der Waals surface area (Å²) in [6.07, 6.45) is 12.6. The number of carboxylic acid groups (broad SMARTS) is 1. The summed E-state index contributed by atoms with van der Waals surface area (Å²) in [5, 5.41) is 9.16. The first kappa shape index (κ1) is 47.9. The van der Waals surface area contributed by atoms with Gasteiger partial charge in [-0.2, -0.15) is 29.8 Å². The van der Waals surface area contributed by atoms with E-state index in [0.29, 0.717) is 64.0 Å². The average Bonchev–Trinajstić information content (AvgIpc) is 3.58. The number of carbonyl (C=O) groups is 1. The topological polar surface area (TPSA) is 192 Å². The predicted molar refractivity (Wildman–Crippen MR) is 224 cm³/mol. The number of fused-ring (bicyclic) bond motifs is 2. The molecule has 2 aromatic rings. The zero-order valence-corrected chi connectivity index (χ0v) is 37.3. The van der Waals surface area contributed by atoms with Gasteiger partial charge in [0.05, 0.1) is 42.3 Å². The van der Waals surface area contributed by atoms with Gasteiger partial charge in [-0.15, -0.1) is 0 Å². The molecule has 2 atom stereocenters. The molecule has 326 valence electrons. The minimum Gasteiger partial charge on any atom is -0.481 e. The molecule has 1 N–H and O–H groups in total. The third-order valence-corrected chi connectivity index (χ3v) is 14.9. The van der Waals surface area contributed by atoms with Gasteiger partial charge in [-0.3, -0.25) is 17.3 Å². The second-order valence-corrected chi connectivity index (χ2v) is 20.0. The van der Waals surface area contributed by atoms with Crippen LogP contribution in [-0.2, 0) is 68.0 Å². The molecule has 2 aliphatic heterocycles. The minimum absolute atomic E-state index is 0.0228. The fourth-order valence-electron chi connectivity index (χ4n) is 7.83. The molecule has 2 unspecified atom stereocenters. The lowest BCUT2D eigenvalue weighted by Gasteiger charge is -2.30. The Hall–Kier alpha value is -3.75. The van der Waals surface area contributed by atoms with Gasteiger partial charge in [0.25, 0.3) is 30.4 Å². The Balaban J connectivity index is 1.81. The smallest absolute Gasteiger partial charge is 0.303 e. The first-order valence-corrected chi connectivity index (χ1v) is 23.6. The number of hydrogen-bond donors (Lipinski definition) is 1. The van der Waals surface area contributed by atoms with Crippen molar-refractivity contribution in [3.63, 3.8) is 0 Å². The van der Waals surface area contributed by atoms with Crippen LogP contribution < -0.4 is 4.90 Å². The lowest BCUT2D eigenvalue weighted by molar-refractivity contribution is -0.441. The summed E-state index contributed by atoms with van der Waals surface area (Å²) in [5.74, 6) is -1.08. The van der Waals surface area contributed by atoms with Crippen molar-refractivity contribution < 1.29 is 61.8 Å². The number of allylic oxidation sites excluding steroid dienone is 6. The number of nitrogens with zero attached hydrogens (tertiary/aromatic N) is 2. The maximum absolute atomic E-state index is 12.8. The van der Waals surface area contributed by atoms with E-state index in [1.54, 1.807) is 38.5 Å². The fraction of sp³-hybridized carbons (Fsp3) is 0.512. The number of methoxy groups -OCH3 is 2. The Morgan fingerprint density at radius 3 is 2.00 bits per heavy atom. The molecule has 15 nitrogen and oxygen atoms in total. The number of anilines is 1. The van der Waals surface area contributed by atoms with E-state index in [1.165, 1.54) is 12.1 Å². The van der Waals surface area contributed by atoms with Gasteiger partial charge in [-0.25, -0.2) is 0 Å². The SMILES string of the molecule is COCC[N+]1=C(/C=C/C=C/C=C2/N(CCCCCC(=O)O)c3ccc(S(=O)(=O)OC)cc3C2(C)CCOC)C(C)(CCCS(=O)(=O)OC)c2cc(S(=O)(=O)OC)ccc21. The zero-order valence-electron chi connectivity index (χ0n) is 34.8. The maximum Gasteiger partial charge on any atom is 0.303 e. The highest BCUT2D eigenvalue weighted by Gasteiger charge is 2.48. The summed E-state index contributed by atoms with van der Waals surface area (Å²) in [4.78, 5) is 13.3. The van der Waals surface area contributed by atoms with Crippen molar-refractivity contribution in [2.45, 2.75) is 79.4 Å². The molecule has 2 aromatic carbocycles. The molecule has 0 aliphatic carbocycles. The lowest BCUT2D eigenvalue weighted by atomic mass is 9.76. The van der Waals surface area contributed by atoms with Gasteiger partial charge in [0, 0.05) is 68.3 Å². The highest BCUT2D eigenvalue weighted by molar-refractivity contribution is 7.87. The first-order valence-electron chi connectivity index (χ1n) is 19.2. The van der Waals surface area contributed by atoms with Crippen LogP contribution in [0.15, 0.2) is 82.3 Å². The summed E-state index contributed by atoms with van der Waals surface area (Å²) in [7, 11) is -5.26. The summed E-state index contributed by atoms with van der Waals surface area (Å²) in [6.45, 7) is 5.72. The minimum atomic E-state index is -4.04. The fourth-order valence-corrected chi connectivity index (χ4v) is 9.87. The van der Waals surface area contributed by atoms with Crippen molar-refractivity contribution in [3.8, 4) is 0 Å². The van der Waals surface area contributed by atoms with Gasteiger partial charge >= 0.3 is 5.97 Å². The van der Waals surface area contributed by atoms with Crippen LogP contribution in [0.5, 0.6) is 0 Å². The molecule has 0 saturated heterocycles. The molecular weight excluding hydrogens is 825 g/mol. The largest absolute Gasteiger partial charge is 0.481 e. The maximum atomic E-state index is 12.8. The molecule has 2 aliphatic rings. The van der Waals surface area contributed by atoms with Crippen molar-refractivity contribution in [1.29, 1.82) is 0 Å². The van der Waals surface area contributed by atoms with Gasteiger partial charge in [0.2, 0.25) is 5.69 Å². The van der Waals surface area contributed by atoms with E-state index in [0.717, 1.165) is 49.7 Å². The normalized spacial score (nSPS) is 20.4. The van der Waals surface area contributed by atoms with Crippen molar-refractivity contribution in [1.82, 2.24) is 0 Å². The molecule has 0 bridgehead atoms. The van der Waals surface area contributed by atoms with Crippen molar-refractivity contribution in [2.24, 2.45) is 0 Å². The molecule has 0 radical (unpaired) electrons. The molecular formula is C41H57N2O13S3+. The van der Waals surface area contributed by atoms with Crippen molar-refractivity contribution in [3.05, 3.63) is 83.6 Å². The molecule has 18 heteroatoms. The summed E-state index contributed by atoms with van der Waals surface area (Å²) >= 11 is 0. The average molecular weight is 882 g/mol. The molecule has 0 aromatic heterocycles. The van der Waals surface area contributed by atoms with E-state index in [9.17, 15) is 30.0 Å². The highest BCUT2D eigenvalue weighted by Crippen LogP contribution is 2.51. The van der Waals surface area contributed by atoms with Crippen LogP contribution >= 0.6 is 0 Å². The standard InChI is InChI=1S/C41H56N2O13S3/c1-40(22-14-28-57(46,47)54-5)33-29-31(58(48,49)55-6)19-21-36(33)43(25-27-53-4)37(40)15-10-8-11-16-38-41(2,23-26-52-3)34-30-32(59(50,51)56-7)18-20-35(34)42(38)24-13-9-12-17-39(44)45/h8,10-11,15-16,18-21,29-30H,9,12-14,17,22-28H2,1-7H3/p+1. The molecule has 4 rings (SSSR count). The van der Waals surface area contributed by atoms with Crippen molar-refractivity contribution >= 4 is 53.4 Å². The van der Waals surface area contributed by atoms with E-state index in [2.05, 4.69) is 4.90 Å². The molecule has 59 heavy (non-hydrogen) atoms. The van der Waals surface area contributed by atoms with Gasteiger partial charge in [0.15, 0.2) is 12.3 Å². The predicted octanol–water partition coefficient (Wildman–Crippen LogP) is 5.57. The Morgan fingerprint density at radius 2 is 1.39 bits per heavy atom. The Labute approximate surface area is 349 Å². The summed E-state index contributed by atoms with van der Waals surface area (Å²) < 4.78 is 103. The number of unbranched alkanes of at least 4 members (excludes halogenated alkanes) is 2. The van der Waals surface area contributed by atoms with E-state index in [1.807, 2.05) is 48.8 Å². The highest BCUT2D eigenvalue weighted by atomic mass is 32.2. The molecule has 2 heterocycles. The third kappa shape index (κ3) is 11.0. The zero-order chi connectivity index (χ0) is 43.6. The lowest BCUT2D eigenvalue weighted by Crippen LogP contribution is -2.32. The van der Waals surface area contributed by atoms with E-state index < -0.39 is 47.2 Å². The van der Waals surface area contributed by atoms with Gasteiger partial charge in [-0.1, -0.05) is 24.6 Å². The Kier molecular flexibility index (Phi) is 16.4. The molecule has 0 spiro atoms. The number of carboxylic acids is 1. The Morgan fingerprint density at radius 1 is 0.746 bits per heavy atom. The van der Waals surface area contributed by atoms with Crippen LogP contribution in [0.2, 0.25) is 0 Å². The van der Waals surface area contributed by atoms with Crippen molar-refractivity contribution in [2.75, 3.05) is 72.5 Å². The monoisotopic (exact) mass is 881 g/mol. The van der Waals surface area contributed by atoms with Crippen LogP contribution in [0.4, 0.5) is 11.4 Å². The second-order valence-electron chi connectivity index (χ2n) is 14.7. The Bertz CT molecular complexity index is 2300. The van der Waals surface area contributed by atoms with Gasteiger partial charge in [-0.05, 0) is 87.9 Å². The number of ether oxygens (including phenoxy) is 2. The number of hydrogen-bond acceptors (Lipinski definition) is 13. The summed E-state index contributed by atoms with van der Waals surface area (Å²) in [6, 6.07) is 9.74. The molecule has 0 amide bonds. The number of rotatable bonds is 24. The van der Waals surface area contributed by atoms with Crippen LogP contribution in [0.1, 0.15) is 69.9 Å². The van der Waals surface area contributed by atoms with Gasteiger partial charge in [0.1, 0.15) is 6.61 Å². The number of aliphatic carboxylic acids is 1. The quantitative estimate of drug-likeness (QED) is 0.0596. The first-order chi connectivity index (χ1) is 27.9. The molecule has 0 saturated carbocycles. The van der Waals surface area contributed by atoms with E-state index >= 15 is 0 Å². The second kappa shape index (κ2) is 20.2.